The van der Waals surface area contributed by atoms with Gasteiger partial charge < -0.3 is 15.5 Å². The number of rotatable bonds is 4. The Labute approximate surface area is 199 Å². The van der Waals surface area contributed by atoms with Gasteiger partial charge in [0.25, 0.3) is 5.91 Å². The summed E-state index contributed by atoms with van der Waals surface area (Å²) in [7, 11) is 1.46. The maximum Gasteiger partial charge on any atom is 0.312 e. The number of anilines is 1. The van der Waals surface area contributed by atoms with Crippen molar-refractivity contribution in [3.05, 3.63) is 41.2 Å². The van der Waals surface area contributed by atoms with Gasteiger partial charge in [-0.2, -0.15) is 0 Å². The van der Waals surface area contributed by atoms with E-state index in [1.807, 2.05) is 45.0 Å². The van der Waals surface area contributed by atoms with Crippen molar-refractivity contribution in [2.24, 2.45) is 5.41 Å². The van der Waals surface area contributed by atoms with Gasteiger partial charge >= 0.3 is 18.0 Å². The molecule has 0 radical (unpaired) electrons. The number of likely N-dealkylation sites (tertiary alicyclic amines) is 1. The topological polar surface area (TPSA) is 103 Å². The van der Waals surface area contributed by atoms with Gasteiger partial charge in [-0.3, -0.25) is 28.9 Å². The smallest absolute Gasteiger partial charge is 0.312 e. The predicted molar refractivity (Wildman–Crippen MR) is 125 cm³/mol. The molecule has 2 fully saturated rings. The summed E-state index contributed by atoms with van der Waals surface area (Å²) in [4.78, 5) is 58.5. The highest BCUT2D eigenvalue weighted by Crippen LogP contribution is 2.47. The fourth-order valence-corrected chi connectivity index (χ4v) is 4.89. The Hall–Kier alpha value is -3.41. The highest BCUT2D eigenvalue weighted by molar-refractivity contribution is 6.35. The first-order valence-electron chi connectivity index (χ1n) is 11.6. The van der Waals surface area contributed by atoms with Gasteiger partial charge in [-0.05, 0) is 36.3 Å². The highest BCUT2D eigenvalue weighted by Gasteiger charge is 2.59. The molecule has 0 unspecified atom stereocenters. The summed E-state index contributed by atoms with van der Waals surface area (Å²) >= 11 is 0. The minimum atomic E-state index is -1.00. The molecule has 1 saturated carbocycles. The van der Waals surface area contributed by atoms with Crippen LogP contribution in [-0.2, 0) is 24.6 Å². The van der Waals surface area contributed by atoms with Gasteiger partial charge in [0.15, 0.2) is 0 Å². The van der Waals surface area contributed by atoms with E-state index < -0.39 is 35.3 Å². The fraction of sp³-hybridized carbons (Fsp3) is 0.560. The number of para-hydroxylation sites is 1. The van der Waals surface area contributed by atoms with Crippen molar-refractivity contribution < 1.29 is 19.2 Å². The zero-order valence-corrected chi connectivity index (χ0v) is 20.1. The summed E-state index contributed by atoms with van der Waals surface area (Å²) < 4.78 is 0. The fourth-order valence-electron chi connectivity index (χ4n) is 4.89. The molecule has 2 aliphatic heterocycles. The van der Waals surface area contributed by atoms with Gasteiger partial charge in [0, 0.05) is 25.3 Å². The lowest BCUT2D eigenvalue weighted by Crippen LogP contribution is -2.55. The zero-order chi connectivity index (χ0) is 24.8. The third kappa shape index (κ3) is 4.25. The molecule has 1 aromatic carbocycles. The van der Waals surface area contributed by atoms with Crippen LogP contribution in [0.1, 0.15) is 52.0 Å². The zero-order valence-electron chi connectivity index (χ0n) is 20.1. The molecular weight excluding hydrogens is 434 g/mol. The van der Waals surface area contributed by atoms with E-state index >= 15 is 0 Å². The van der Waals surface area contributed by atoms with Crippen molar-refractivity contribution in [2.45, 2.75) is 70.1 Å². The van der Waals surface area contributed by atoms with E-state index in [-0.39, 0.29) is 30.3 Å². The molecule has 3 atom stereocenters. The van der Waals surface area contributed by atoms with Crippen molar-refractivity contribution >= 4 is 29.3 Å². The van der Waals surface area contributed by atoms with Crippen LogP contribution in [0.2, 0.25) is 0 Å². The molecule has 2 N–H and O–H groups in total. The predicted octanol–water partition coefficient (Wildman–Crippen LogP) is 1.90. The van der Waals surface area contributed by atoms with Crippen molar-refractivity contribution in [3.8, 4) is 0 Å². The summed E-state index contributed by atoms with van der Waals surface area (Å²) in [5, 5.41) is 5.57. The van der Waals surface area contributed by atoms with Crippen molar-refractivity contribution in [1.82, 2.24) is 15.1 Å². The van der Waals surface area contributed by atoms with Gasteiger partial charge in [-0.1, -0.05) is 39.0 Å². The van der Waals surface area contributed by atoms with Crippen LogP contribution in [-0.4, -0.2) is 65.3 Å². The lowest BCUT2D eigenvalue weighted by atomic mass is 9.80. The molecule has 0 bridgehead atoms. The molecule has 9 nitrogen and oxygen atoms in total. The normalized spacial score (nSPS) is 24.3. The van der Waals surface area contributed by atoms with Gasteiger partial charge in [-0.15, -0.1) is 0 Å². The third-order valence-corrected chi connectivity index (χ3v) is 6.87. The average Bonchev–Trinajstić information content (AvgIpc) is 3.44. The van der Waals surface area contributed by atoms with Gasteiger partial charge in [-0.25, -0.2) is 6.57 Å². The Morgan fingerprint density at radius 3 is 2.59 bits per heavy atom. The number of carbonyl (C=O) groups is 4. The van der Waals surface area contributed by atoms with Gasteiger partial charge in [0.1, 0.15) is 11.5 Å². The van der Waals surface area contributed by atoms with Crippen molar-refractivity contribution in [1.29, 1.82) is 0 Å². The molecule has 1 saturated heterocycles. The molecule has 4 rings (SSSR count). The lowest BCUT2D eigenvalue weighted by molar-refractivity contribution is -0.151. The van der Waals surface area contributed by atoms with Crippen LogP contribution in [0.25, 0.3) is 4.85 Å². The van der Waals surface area contributed by atoms with E-state index in [2.05, 4.69) is 15.5 Å². The minimum Gasteiger partial charge on any atom is -0.345 e. The van der Waals surface area contributed by atoms with Crippen molar-refractivity contribution in [3.63, 3.8) is 0 Å². The van der Waals surface area contributed by atoms with Gasteiger partial charge in [0.2, 0.25) is 5.91 Å². The number of nitrogens with one attached hydrogen (secondary N) is 2. The van der Waals surface area contributed by atoms with Crippen LogP contribution < -0.4 is 10.6 Å². The number of fused-ring (bicyclic) bond motifs is 2. The largest absolute Gasteiger partial charge is 0.345 e. The number of carbonyl (C=O) groups excluding carboxylic acids is 4. The summed E-state index contributed by atoms with van der Waals surface area (Å²) in [5.74, 6) is -2.13. The number of hydrogen-bond donors (Lipinski definition) is 2. The van der Waals surface area contributed by atoms with E-state index in [1.54, 1.807) is 0 Å². The number of nitrogens with zero attached hydrogens (tertiary/aromatic N) is 3. The molecule has 180 valence electrons. The van der Waals surface area contributed by atoms with E-state index in [4.69, 9.17) is 6.57 Å². The monoisotopic (exact) mass is 465 g/mol. The highest BCUT2D eigenvalue weighted by atomic mass is 16.2. The van der Waals surface area contributed by atoms with Crippen LogP contribution in [0.15, 0.2) is 24.3 Å². The standard InChI is InChI=1S/C25H31N5O4/c1-24(2,3)12-18(29(5)22(33)20(31)27-15-10-11-15)21(32)30-14-25(13-19(30)26-4)16-8-6-7-9-17(16)28-23(25)34/h6-9,15,18-19H,10-14H2,1-3,5H3,(H,27,31)(H,28,34)/t18-,19-,25-/m0/s1. The quantitative estimate of drug-likeness (QED) is 0.524. The first kappa shape index (κ1) is 23.7. The second kappa shape index (κ2) is 8.42. The Bertz CT molecular complexity index is 1080. The van der Waals surface area contributed by atoms with Gasteiger partial charge in [0.05, 0.1) is 6.42 Å². The lowest BCUT2D eigenvalue weighted by Gasteiger charge is -2.34. The molecular formula is C25H31N5O4. The Kier molecular flexibility index (Phi) is 5.88. The number of hydrogen-bond acceptors (Lipinski definition) is 4. The molecule has 0 aromatic heterocycles. The first-order valence-corrected chi connectivity index (χ1v) is 11.6. The molecule has 9 heteroatoms. The number of likely N-dealkylation sites (N-methyl/N-ethyl adjacent to an activating group) is 1. The van der Waals surface area contributed by atoms with Crippen LogP contribution in [0.3, 0.4) is 0 Å². The minimum absolute atomic E-state index is 0.0208. The molecule has 3 aliphatic rings. The molecule has 1 spiro atoms. The Balaban J connectivity index is 1.63. The van der Waals surface area contributed by atoms with Crippen molar-refractivity contribution in [2.75, 3.05) is 18.9 Å². The van der Waals surface area contributed by atoms with E-state index in [1.165, 1.54) is 16.8 Å². The molecule has 4 amide bonds. The van der Waals surface area contributed by atoms with Crippen LogP contribution in [0.5, 0.6) is 0 Å². The molecule has 1 aromatic rings. The molecule has 1 aliphatic carbocycles. The summed E-state index contributed by atoms with van der Waals surface area (Å²) in [6, 6.07) is 6.42. The van der Waals surface area contributed by atoms with Crippen LogP contribution >= 0.6 is 0 Å². The Morgan fingerprint density at radius 2 is 1.97 bits per heavy atom. The molecule has 2 heterocycles. The van der Waals surface area contributed by atoms with Crippen LogP contribution in [0, 0.1) is 12.0 Å². The summed E-state index contributed by atoms with van der Waals surface area (Å²) in [5.41, 5.74) is 0.148. The second-order valence-electron chi connectivity index (χ2n) is 10.8. The second-order valence-corrected chi connectivity index (χ2v) is 10.8. The SMILES string of the molecule is [C-]#[N+][C@@H]1C[C@@]2(CN1C(=O)[C@H](CC(C)(C)C)N(C)C(=O)C(=O)NC1CC1)C(=O)Nc1ccccc12. The first-order chi connectivity index (χ1) is 16.0. The Morgan fingerprint density at radius 1 is 1.29 bits per heavy atom. The maximum absolute atomic E-state index is 13.9. The third-order valence-electron chi connectivity index (χ3n) is 6.87. The summed E-state index contributed by atoms with van der Waals surface area (Å²) in [6.45, 7) is 13.7. The van der Waals surface area contributed by atoms with Crippen LogP contribution in [0.4, 0.5) is 5.69 Å². The average molecular weight is 466 g/mol. The number of benzene rings is 1. The molecule has 34 heavy (non-hydrogen) atoms. The van der Waals surface area contributed by atoms with E-state index in [0.29, 0.717) is 12.1 Å². The van der Waals surface area contributed by atoms with E-state index in [0.717, 1.165) is 18.4 Å². The number of amides is 4. The van der Waals surface area contributed by atoms with E-state index in [9.17, 15) is 19.2 Å². The summed E-state index contributed by atoms with van der Waals surface area (Å²) in [6.07, 6.45) is 1.35. The maximum atomic E-state index is 13.9.